The molecule has 0 bridgehead atoms. The molecule has 152 valence electrons. The zero-order valence-electron chi connectivity index (χ0n) is 16.2. The Labute approximate surface area is 185 Å². The summed E-state index contributed by atoms with van der Waals surface area (Å²) in [5.41, 5.74) is 3.67. The van der Waals surface area contributed by atoms with Gasteiger partial charge in [-0.1, -0.05) is 41.9 Å². The maximum atomic E-state index is 9.92. The van der Waals surface area contributed by atoms with Gasteiger partial charge < -0.3 is 15.2 Å². The standard InChI is InChI=1S/C23H20ClN3O2S/c1-29-22-13-16(9-12-21(22)28)19-14-20(15-7-10-17(24)11-8-15)27(26-19)23(30)25-18-5-3-2-4-6-18/h2-13,20,28H,14H2,1H3,(H,25,30). The largest absolute Gasteiger partial charge is 0.504 e. The van der Waals surface area contributed by atoms with Crippen LogP contribution in [-0.2, 0) is 0 Å². The highest BCUT2D eigenvalue weighted by Crippen LogP contribution is 2.35. The van der Waals surface area contributed by atoms with Gasteiger partial charge in [-0.15, -0.1) is 0 Å². The summed E-state index contributed by atoms with van der Waals surface area (Å²) in [4.78, 5) is 0. The Morgan fingerprint density at radius 3 is 2.57 bits per heavy atom. The van der Waals surface area contributed by atoms with Crippen molar-refractivity contribution in [3.05, 3.63) is 88.9 Å². The first-order valence-electron chi connectivity index (χ1n) is 9.41. The van der Waals surface area contributed by atoms with Crippen LogP contribution in [0.2, 0.25) is 5.02 Å². The zero-order valence-corrected chi connectivity index (χ0v) is 17.8. The molecule has 1 heterocycles. The van der Waals surface area contributed by atoms with Crippen LogP contribution in [0.1, 0.15) is 23.6 Å². The molecule has 0 fully saturated rings. The SMILES string of the molecule is COc1cc(C2=NN(C(=S)Nc3ccccc3)C(c3ccc(Cl)cc3)C2)ccc1O. The van der Waals surface area contributed by atoms with Crippen molar-refractivity contribution in [1.29, 1.82) is 0 Å². The Morgan fingerprint density at radius 1 is 1.13 bits per heavy atom. The third-order valence-electron chi connectivity index (χ3n) is 4.91. The van der Waals surface area contributed by atoms with Crippen molar-refractivity contribution >= 4 is 40.3 Å². The molecule has 0 saturated carbocycles. The molecule has 0 saturated heterocycles. The number of aromatic hydroxyl groups is 1. The molecule has 1 atom stereocenters. The highest BCUT2D eigenvalue weighted by Gasteiger charge is 2.31. The molecule has 0 radical (unpaired) electrons. The van der Waals surface area contributed by atoms with E-state index in [2.05, 4.69) is 5.32 Å². The number of hydrogen-bond donors (Lipinski definition) is 2. The topological polar surface area (TPSA) is 57.1 Å². The van der Waals surface area contributed by atoms with Crippen LogP contribution in [0.5, 0.6) is 11.5 Å². The Kier molecular flexibility index (Phi) is 5.88. The summed E-state index contributed by atoms with van der Waals surface area (Å²) in [6, 6.07) is 22.6. The van der Waals surface area contributed by atoms with Gasteiger partial charge in [0.25, 0.3) is 0 Å². The van der Waals surface area contributed by atoms with Crippen molar-refractivity contribution in [3.8, 4) is 11.5 Å². The Balaban J connectivity index is 1.68. The van der Waals surface area contributed by atoms with Crippen LogP contribution in [0.4, 0.5) is 5.69 Å². The van der Waals surface area contributed by atoms with E-state index in [4.69, 9.17) is 33.7 Å². The van der Waals surface area contributed by atoms with Gasteiger partial charge >= 0.3 is 0 Å². The van der Waals surface area contributed by atoms with Gasteiger partial charge in [0.05, 0.1) is 18.9 Å². The summed E-state index contributed by atoms with van der Waals surface area (Å²) in [6.45, 7) is 0. The first-order chi connectivity index (χ1) is 14.5. The smallest absolute Gasteiger partial charge is 0.194 e. The second-order valence-corrected chi connectivity index (χ2v) is 7.67. The van der Waals surface area contributed by atoms with Crippen LogP contribution in [0.25, 0.3) is 0 Å². The zero-order chi connectivity index (χ0) is 21.1. The number of benzene rings is 3. The minimum absolute atomic E-state index is 0.0826. The van der Waals surface area contributed by atoms with E-state index in [1.807, 2.05) is 65.7 Å². The van der Waals surface area contributed by atoms with E-state index in [1.165, 1.54) is 7.11 Å². The van der Waals surface area contributed by atoms with Gasteiger partial charge in [-0.25, -0.2) is 5.01 Å². The molecule has 3 aromatic rings. The van der Waals surface area contributed by atoms with Crippen LogP contribution in [0.3, 0.4) is 0 Å². The van der Waals surface area contributed by atoms with Crippen molar-refractivity contribution in [2.45, 2.75) is 12.5 Å². The monoisotopic (exact) mass is 437 g/mol. The molecule has 5 nitrogen and oxygen atoms in total. The number of phenols is 1. The van der Waals surface area contributed by atoms with E-state index < -0.39 is 0 Å². The predicted octanol–water partition coefficient (Wildman–Crippen LogP) is 5.60. The summed E-state index contributed by atoms with van der Waals surface area (Å²) in [7, 11) is 1.52. The lowest BCUT2D eigenvalue weighted by molar-refractivity contribution is 0.373. The number of hydrogen-bond acceptors (Lipinski definition) is 4. The highest BCUT2D eigenvalue weighted by atomic mass is 35.5. The van der Waals surface area contributed by atoms with E-state index in [9.17, 15) is 5.11 Å². The molecule has 1 aliphatic heterocycles. The molecule has 3 aromatic carbocycles. The highest BCUT2D eigenvalue weighted by molar-refractivity contribution is 7.80. The van der Waals surface area contributed by atoms with Gasteiger partial charge in [0.1, 0.15) is 0 Å². The number of phenolic OH excluding ortho intramolecular Hbond substituents is 1. The quantitative estimate of drug-likeness (QED) is 0.520. The fraction of sp³-hybridized carbons (Fsp3) is 0.130. The molecule has 1 unspecified atom stereocenters. The third-order valence-corrected chi connectivity index (χ3v) is 5.45. The average Bonchev–Trinajstić information content (AvgIpc) is 3.21. The van der Waals surface area contributed by atoms with Gasteiger partial charge in [-0.2, -0.15) is 5.10 Å². The Hall–Kier alpha value is -3.09. The molecule has 0 spiro atoms. The second-order valence-electron chi connectivity index (χ2n) is 6.85. The van der Waals surface area contributed by atoms with Gasteiger partial charge in [-0.05, 0) is 60.2 Å². The second kappa shape index (κ2) is 8.73. The third kappa shape index (κ3) is 4.25. The number of hydrazone groups is 1. The molecular formula is C23H20ClN3O2S. The van der Waals surface area contributed by atoms with Crippen LogP contribution < -0.4 is 10.1 Å². The molecular weight excluding hydrogens is 418 g/mol. The average molecular weight is 438 g/mol. The molecule has 0 aliphatic carbocycles. The number of thiocarbonyl (C=S) groups is 1. The van der Waals surface area contributed by atoms with Crippen LogP contribution >= 0.6 is 23.8 Å². The maximum Gasteiger partial charge on any atom is 0.194 e. The van der Waals surface area contributed by atoms with Crippen molar-refractivity contribution in [1.82, 2.24) is 5.01 Å². The number of nitrogens with zero attached hydrogens (tertiary/aromatic N) is 2. The summed E-state index contributed by atoms with van der Waals surface area (Å²) >= 11 is 11.8. The minimum atomic E-state index is -0.0826. The first-order valence-corrected chi connectivity index (χ1v) is 10.2. The molecule has 0 amide bonds. The number of nitrogens with one attached hydrogen (secondary N) is 1. The first kappa shape index (κ1) is 20.2. The van der Waals surface area contributed by atoms with Crippen molar-refractivity contribution < 1.29 is 9.84 Å². The number of methoxy groups -OCH3 is 1. The number of para-hydroxylation sites is 1. The number of rotatable bonds is 4. The summed E-state index contributed by atoms with van der Waals surface area (Å²) in [5, 5.41) is 21.0. The number of ether oxygens (including phenoxy) is 1. The lowest BCUT2D eigenvalue weighted by Gasteiger charge is -2.25. The van der Waals surface area contributed by atoms with E-state index in [1.54, 1.807) is 12.1 Å². The van der Waals surface area contributed by atoms with Crippen LogP contribution in [0.15, 0.2) is 77.9 Å². The Morgan fingerprint density at radius 2 is 1.87 bits per heavy atom. The fourth-order valence-electron chi connectivity index (χ4n) is 3.38. The van der Waals surface area contributed by atoms with E-state index in [-0.39, 0.29) is 11.8 Å². The van der Waals surface area contributed by atoms with Gasteiger partial charge in [0, 0.05) is 22.7 Å². The van der Waals surface area contributed by atoms with E-state index in [0.29, 0.717) is 22.3 Å². The number of anilines is 1. The van der Waals surface area contributed by atoms with Crippen molar-refractivity contribution in [2.75, 3.05) is 12.4 Å². The predicted molar refractivity (Wildman–Crippen MR) is 125 cm³/mol. The van der Waals surface area contributed by atoms with E-state index in [0.717, 1.165) is 22.5 Å². The van der Waals surface area contributed by atoms with Crippen LogP contribution in [0, 0.1) is 0 Å². The lowest BCUT2D eigenvalue weighted by Crippen LogP contribution is -2.31. The molecule has 30 heavy (non-hydrogen) atoms. The minimum Gasteiger partial charge on any atom is -0.504 e. The Bertz CT molecular complexity index is 1090. The maximum absolute atomic E-state index is 9.92. The molecule has 0 aromatic heterocycles. The lowest BCUT2D eigenvalue weighted by atomic mass is 9.98. The van der Waals surface area contributed by atoms with E-state index >= 15 is 0 Å². The van der Waals surface area contributed by atoms with Gasteiger partial charge in [0.15, 0.2) is 16.6 Å². The molecule has 7 heteroatoms. The van der Waals surface area contributed by atoms with Crippen molar-refractivity contribution in [2.24, 2.45) is 5.10 Å². The normalized spacial score (nSPS) is 15.6. The summed E-state index contributed by atoms with van der Waals surface area (Å²) in [5.74, 6) is 0.494. The molecule has 2 N–H and O–H groups in total. The summed E-state index contributed by atoms with van der Waals surface area (Å²) < 4.78 is 5.25. The van der Waals surface area contributed by atoms with Gasteiger partial charge in [0.2, 0.25) is 0 Å². The molecule has 1 aliphatic rings. The fourth-order valence-corrected chi connectivity index (χ4v) is 3.79. The van der Waals surface area contributed by atoms with Crippen molar-refractivity contribution in [3.63, 3.8) is 0 Å². The summed E-state index contributed by atoms with van der Waals surface area (Å²) in [6.07, 6.45) is 0.645. The van der Waals surface area contributed by atoms with Gasteiger partial charge in [-0.3, -0.25) is 0 Å². The van der Waals surface area contributed by atoms with Crippen LogP contribution in [-0.4, -0.2) is 28.0 Å². The molecule has 4 rings (SSSR count). The number of halogens is 1.